The number of hydrogen-bond donors (Lipinski definition) is 1. The van der Waals surface area contributed by atoms with E-state index in [9.17, 15) is 14.9 Å². The minimum atomic E-state index is -0.470. The molecule has 1 saturated carbocycles. The Bertz CT molecular complexity index is 740. The molecule has 0 spiro atoms. The molecule has 7 nitrogen and oxygen atoms in total. The molecule has 24 heavy (non-hydrogen) atoms. The van der Waals surface area contributed by atoms with Crippen molar-refractivity contribution in [3.63, 3.8) is 0 Å². The number of rotatable bonds is 5. The lowest BCUT2D eigenvalue weighted by atomic mass is 9.90. The van der Waals surface area contributed by atoms with Crippen LogP contribution in [0, 0.1) is 10.1 Å². The Morgan fingerprint density at radius 1 is 1.29 bits per heavy atom. The van der Waals surface area contributed by atoms with Gasteiger partial charge in [0.1, 0.15) is 5.01 Å². The smallest absolute Gasteiger partial charge is 0.269 e. The van der Waals surface area contributed by atoms with Crippen molar-refractivity contribution >= 4 is 28.1 Å². The molecule has 1 N–H and O–H groups in total. The maximum Gasteiger partial charge on any atom is 0.269 e. The zero-order chi connectivity index (χ0) is 16.9. The number of amides is 1. The molecule has 1 fully saturated rings. The number of anilines is 1. The highest BCUT2D eigenvalue weighted by atomic mass is 32.1. The van der Waals surface area contributed by atoms with Crippen molar-refractivity contribution in [1.82, 2.24) is 10.2 Å². The SMILES string of the molecule is O=C(Cc1cccc([N+](=O)[O-])c1)Nc1nnc(C2CCCCC2)s1. The molecule has 1 aromatic carbocycles. The van der Waals surface area contributed by atoms with Crippen LogP contribution in [0.3, 0.4) is 0 Å². The highest BCUT2D eigenvalue weighted by molar-refractivity contribution is 7.15. The average molecular weight is 346 g/mol. The summed E-state index contributed by atoms with van der Waals surface area (Å²) in [5.74, 6) is 0.209. The van der Waals surface area contributed by atoms with Gasteiger partial charge in [0, 0.05) is 18.1 Å². The summed E-state index contributed by atoms with van der Waals surface area (Å²) in [6.07, 6.45) is 6.06. The van der Waals surface area contributed by atoms with Crippen molar-refractivity contribution in [2.24, 2.45) is 0 Å². The molecule has 1 aliphatic rings. The summed E-state index contributed by atoms with van der Waals surface area (Å²) in [4.78, 5) is 22.4. The van der Waals surface area contributed by atoms with E-state index in [2.05, 4.69) is 15.5 Å². The third-order valence-corrected chi connectivity index (χ3v) is 5.13. The topological polar surface area (TPSA) is 98.0 Å². The molecule has 1 amide bonds. The molecule has 1 heterocycles. The zero-order valence-electron chi connectivity index (χ0n) is 13.1. The number of non-ortho nitro benzene ring substituents is 1. The molecule has 0 saturated heterocycles. The lowest BCUT2D eigenvalue weighted by Gasteiger charge is -2.18. The van der Waals surface area contributed by atoms with Crippen molar-refractivity contribution in [2.45, 2.75) is 44.4 Å². The van der Waals surface area contributed by atoms with Crippen molar-refractivity contribution in [3.05, 3.63) is 45.0 Å². The summed E-state index contributed by atoms with van der Waals surface area (Å²) in [7, 11) is 0. The third kappa shape index (κ3) is 4.14. The predicted molar refractivity (Wildman–Crippen MR) is 91.2 cm³/mol. The first kappa shape index (κ1) is 16.5. The second kappa shape index (κ2) is 7.48. The minimum absolute atomic E-state index is 0.0178. The Balaban J connectivity index is 1.60. The Labute approximate surface area is 143 Å². The number of benzene rings is 1. The standard InChI is InChI=1S/C16H18N4O3S/c21-14(10-11-5-4-8-13(9-11)20(22)23)17-16-19-18-15(24-16)12-6-2-1-3-7-12/h4-5,8-9,12H,1-3,6-7,10H2,(H,17,19,21). The fourth-order valence-electron chi connectivity index (χ4n) is 2.93. The van der Waals surface area contributed by atoms with Gasteiger partial charge in [0.05, 0.1) is 11.3 Å². The number of nitrogens with one attached hydrogen (secondary N) is 1. The quantitative estimate of drug-likeness (QED) is 0.658. The van der Waals surface area contributed by atoms with Gasteiger partial charge in [0.25, 0.3) is 5.69 Å². The summed E-state index contributed by atoms with van der Waals surface area (Å²) < 4.78 is 0. The van der Waals surface area contributed by atoms with E-state index >= 15 is 0 Å². The van der Waals surface area contributed by atoms with Crippen LogP contribution in [0.15, 0.2) is 24.3 Å². The van der Waals surface area contributed by atoms with Crippen LogP contribution in [-0.4, -0.2) is 21.0 Å². The molecule has 2 aromatic rings. The van der Waals surface area contributed by atoms with Gasteiger partial charge in [0.2, 0.25) is 11.0 Å². The second-order valence-electron chi connectivity index (χ2n) is 5.93. The monoisotopic (exact) mass is 346 g/mol. The maximum atomic E-state index is 12.1. The number of aromatic nitrogens is 2. The second-order valence-corrected chi connectivity index (χ2v) is 6.94. The average Bonchev–Trinajstić information content (AvgIpc) is 3.04. The normalized spacial score (nSPS) is 15.2. The molecule has 126 valence electrons. The van der Waals surface area contributed by atoms with Gasteiger partial charge in [-0.25, -0.2) is 0 Å². The molecule has 0 aliphatic heterocycles. The van der Waals surface area contributed by atoms with Crippen LogP contribution in [-0.2, 0) is 11.2 Å². The molecular weight excluding hydrogens is 328 g/mol. The predicted octanol–water partition coefficient (Wildman–Crippen LogP) is 3.68. The Morgan fingerprint density at radius 3 is 2.83 bits per heavy atom. The van der Waals surface area contributed by atoms with Crippen LogP contribution < -0.4 is 5.32 Å². The molecule has 1 aromatic heterocycles. The Hall–Kier alpha value is -2.35. The van der Waals surface area contributed by atoms with Crippen LogP contribution >= 0.6 is 11.3 Å². The molecule has 0 radical (unpaired) electrons. The Morgan fingerprint density at radius 2 is 2.08 bits per heavy atom. The molecule has 8 heteroatoms. The molecular formula is C16H18N4O3S. The van der Waals surface area contributed by atoms with Crippen LogP contribution in [0.4, 0.5) is 10.8 Å². The van der Waals surface area contributed by atoms with Gasteiger partial charge in [0.15, 0.2) is 0 Å². The fourth-order valence-corrected chi connectivity index (χ4v) is 3.86. The molecule has 1 aliphatic carbocycles. The molecule has 0 bridgehead atoms. The minimum Gasteiger partial charge on any atom is -0.300 e. The highest BCUT2D eigenvalue weighted by Crippen LogP contribution is 2.35. The third-order valence-electron chi connectivity index (χ3n) is 4.13. The van der Waals surface area contributed by atoms with Crippen molar-refractivity contribution in [3.8, 4) is 0 Å². The number of nitro benzene ring substituents is 1. The number of nitro groups is 1. The first-order valence-electron chi connectivity index (χ1n) is 7.98. The fraction of sp³-hybridized carbons (Fsp3) is 0.438. The highest BCUT2D eigenvalue weighted by Gasteiger charge is 2.20. The van der Waals surface area contributed by atoms with E-state index < -0.39 is 4.92 Å². The summed E-state index contributed by atoms with van der Waals surface area (Å²) in [5.41, 5.74) is 0.578. The van der Waals surface area contributed by atoms with Gasteiger partial charge in [-0.1, -0.05) is 42.7 Å². The van der Waals surface area contributed by atoms with Crippen molar-refractivity contribution < 1.29 is 9.72 Å². The van der Waals surface area contributed by atoms with E-state index in [1.165, 1.54) is 42.7 Å². The van der Waals surface area contributed by atoms with Gasteiger partial charge < -0.3 is 5.32 Å². The molecule has 3 rings (SSSR count). The summed E-state index contributed by atoms with van der Waals surface area (Å²) in [5, 5.41) is 23.2. The van der Waals surface area contributed by atoms with Crippen molar-refractivity contribution in [2.75, 3.05) is 5.32 Å². The zero-order valence-corrected chi connectivity index (χ0v) is 13.9. The Kier molecular flexibility index (Phi) is 5.14. The number of hydrogen-bond acceptors (Lipinski definition) is 6. The van der Waals surface area contributed by atoms with E-state index in [0.29, 0.717) is 16.6 Å². The van der Waals surface area contributed by atoms with Gasteiger partial charge >= 0.3 is 0 Å². The number of carbonyl (C=O) groups excluding carboxylic acids is 1. The van der Waals surface area contributed by atoms with Crippen LogP contribution in [0.25, 0.3) is 0 Å². The van der Waals surface area contributed by atoms with Gasteiger partial charge in [-0.15, -0.1) is 10.2 Å². The largest absolute Gasteiger partial charge is 0.300 e. The summed E-state index contributed by atoms with van der Waals surface area (Å²) in [6, 6.07) is 6.09. The molecule has 0 atom stereocenters. The maximum absolute atomic E-state index is 12.1. The lowest BCUT2D eigenvalue weighted by molar-refractivity contribution is -0.384. The van der Waals surface area contributed by atoms with E-state index in [1.54, 1.807) is 12.1 Å². The van der Waals surface area contributed by atoms with Gasteiger partial charge in [-0.3, -0.25) is 14.9 Å². The first-order chi connectivity index (χ1) is 11.6. The van der Waals surface area contributed by atoms with Crippen LogP contribution in [0.2, 0.25) is 0 Å². The van der Waals surface area contributed by atoms with Crippen LogP contribution in [0.5, 0.6) is 0 Å². The van der Waals surface area contributed by atoms with Crippen LogP contribution in [0.1, 0.15) is 48.6 Å². The van der Waals surface area contributed by atoms with E-state index in [-0.39, 0.29) is 18.0 Å². The lowest BCUT2D eigenvalue weighted by Crippen LogP contribution is -2.14. The van der Waals surface area contributed by atoms with E-state index in [0.717, 1.165) is 17.8 Å². The van der Waals surface area contributed by atoms with Crippen molar-refractivity contribution in [1.29, 1.82) is 0 Å². The summed E-state index contributed by atoms with van der Waals surface area (Å²) in [6.45, 7) is 0. The van der Waals surface area contributed by atoms with Gasteiger partial charge in [-0.2, -0.15) is 0 Å². The van der Waals surface area contributed by atoms with E-state index in [4.69, 9.17) is 0 Å². The number of carbonyl (C=O) groups is 1. The van der Waals surface area contributed by atoms with E-state index in [1.807, 2.05) is 0 Å². The number of nitrogens with zero attached hydrogens (tertiary/aromatic N) is 3. The molecule has 0 unspecified atom stereocenters. The first-order valence-corrected chi connectivity index (χ1v) is 8.80. The summed E-state index contributed by atoms with van der Waals surface area (Å²) >= 11 is 1.42. The van der Waals surface area contributed by atoms with Gasteiger partial charge in [-0.05, 0) is 18.4 Å².